The summed E-state index contributed by atoms with van der Waals surface area (Å²) in [6.07, 6.45) is 0. The number of aryl methyl sites for hydroxylation is 1. The maximum Gasteiger partial charge on any atom is 0.0366 e. The van der Waals surface area contributed by atoms with Crippen LogP contribution >= 0.6 is 0 Å². The summed E-state index contributed by atoms with van der Waals surface area (Å²) in [5.74, 6) is 0. The van der Waals surface area contributed by atoms with Crippen molar-refractivity contribution in [3.05, 3.63) is 29.8 Å². The third-order valence-corrected chi connectivity index (χ3v) is 1.91. The Hall–Kier alpha value is -1.02. The number of likely N-dealkylation sites (N-methyl/N-ethyl adjacent to an activating group) is 1. The van der Waals surface area contributed by atoms with Crippen molar-refractivity contribution >= 4 is 5.69 Å². The first-order chi connectivity index (χ1) is 5.74. The van der Waals surface area contributed by atoms with E-state index >= 15 is 0 Å². The van der Waals surface area contributed by atoms with E-state index in [1.54, 1.807) is 0 Å². The highest BCUT2D eigenvalue weighted by Crippen LogP contribution is 2.13. The minimum atomic E-state index is 0.699. The zero-order valence-corrected chi connectivity index (χ0v) is 7.75. The Morgan fingerprint density at radius 3 is 2.75 bits per heavy atom. The molecule has 1 rings (SSSR count). The Morgan fingerprint density at radius 1 is 1.42 bits per heavy atom. The van der Waals surface area contributed by atoms with Crippen LogP contribution in [0.5, 0.6) is 0 Å². The highest BCUT2D eigenvalue weighted by atomic mass is 15.1. The van der Waals surface area contributed by atoms with E-state index in [0.29, 0.717) is 6.54 Å². The molecule has 0 unspecified atom stereocenters. The van der Waals surface area contributed by atoms with Crippen molar-refractivity contribution in [1.82, 2.24) is 0 Å². The van der Waals surface area contributed by atoms with E-state index in [0.717, 1.165) is 6.54 Å². The molecular formula is C10H16N2. The predicted molar refractivity (Wildman–Crippen MR) is 53.5 cm³/mol. The number of benzene rings is 1. The molecule has 2 nitrogen and oxygen atoms in total. The fourth-order valence-corrected chi connectivity index (χ4v) is 1.19. The highest BCUT2D eigenvalue weighted by molar-refractivity contribution is 5.47. The van der Waals surface area contributed by atoms with Crippen LogP contribution in [-0.4, -0.2) is 20.1 Å². The van der Waals surface area contributed by atoms with E-state index in [4.69, 9.17) is 5.73 Å². The van der Waals surface area contributed by atoms with Gasteiger partial charge in [-0.15, -0.1) is 0 Å². The summed E-state index contributed by atoms with van der Waals surface area (Å²) in [7, 11) is 2.06. The zero-order valence-electron chi connectivity index (χ0n) is 7.75. The van der Waals surface area contributed by atoms with Gasteiger partial charge in [0, 0.05) is 25.8 Å². The summed E-state index contributed by atoms with van der Waals surface area (Å²) in [5, 5.41) is 0. The average Bonchev–Trinajstić information content (AvgIpc) is 2.05. The van der Waals surface area contributed by atoms with Crippen LogP contribution in [0.25, 0.3) is 0 Å². The van der Waals surface area contributed by atoms with Crippen molar-refractivity contribution < 1.29 is 0 Å². The van der Waals surface area contributed by atoms with Crippen LogP contribution in [-0.2, 0) is 0 Å². The van der Waals surface area contributed by atoms with E-state index in [1.165, 1.54) is 11.3 Å². The first kappa shape index (κ1) is 9.07. The molecular weight excluding hydrogens is 148 g/mol. The number of nitrogens with zero attached hydrogens (tertiary/aromatic N) is 1. The summed E-state index contributed by atoms with van der Waals surface area (Å²) in [4.78, 5) is 2.16. The first-order valence-electron chi connectivity index (χ1n) is 4.22. The molecule has 0 bridgehead atoms. The molecule has 12 heavy (non-hydrogen) atoms. The van der Waals surface area contributed by atoms with Crippen LogP contribution in [0.2, 0.25) is 0 Å². The topological polar surface area (TPSA) is 29.3 Å². The fourth-order valence-electron chi connectivity index (χ4n) is 1.19. The maximum atomic E-state index is 5.46. The lowest BCUT2D eigenvalue weighted by Crippen LogP contribution is -2.24. The largest absolute Gasteiger partial charge is 0.373 e. The third kappa shape index (κ3) is 2.24. The van der Waals surface area contributed by atoms with Gasteiger partial charge in [-0.25, -0.2) is 0 Å². The molecule has 2 N–H and O–H groups in total. The van der Waals surface area contributed by atoms with E-state index in [-0.39, 0.29) is 0 Å². The molecule has 0 aliphatic rings. The second kappa shape index (κ2) is 4.12. The zero-order chi connectivity index (χ0) is 8.97. The van der Waals surface area contributed by atoms with Gasteiger partial charge in [0.2, 0.25) is 0 Å². The van der Waals surface area contributed by atoms with Gasteiger partial charge in [0.05, 0.1) is 0 Å². The Morgan fingerprint density at radius 2 is 2.17 bits per heavy atom. The second-order valence-electron chi connectivity index (χ2n) is 3.05. The maximum absolute atomic E-state index is 5.46. The van der Waals surface area contributed by atoms with E-state index in [1.807, 2.05) is 0 Å². The quantitative estimate of drug-likeness (QED) is 0.731. The third-order valence-electron chi connectivity index (χ3n) is 1.91. The minimum Gasteiger partial charge on any atom is -0.373 e. The second-order valence-corrected chi connectivity index (χ2v) is 3.05. The smallest absolute Gasteiger partial charge is 0.0366 e. The summed E-state index contributed by atoms with van der Waals surface area (Å²) < 4.78 is 0. The number of hydrogen-bond acceptors (Lipinski definition) is 2. The first-order valence-corrected chi connectivity index (χ1v) is 4.22. The van der Waals surface area contributed by atoms with Gasteiger partial charge < -0.3 is 10.6 Å². The molecule has 0 atom stereocenters. The Balaban J connectivity index is 2.73. The standard InChI is InChI=1S/C10H16N2/c1-9-4-3-5-10(8-9)12(2)7-6-11/h3-5,8H,6-7,11H2,1-2H3. The van der Waals surface area contributed by atoms with Gasteiger partial charge in [0.25, 0.3) is 0 Å². The van der Waals surface area contributed by atoms with Gasteiger partial charge >= 0.3 is 0 Å². The normalized spacial score (nSPS) is 9.92. The van der Waals surface area contributed by atoms with Gasteiger partial charge in [-0.1, -0.05) is 12.1 Å². The van der Waals surface area contributed by atoms with Gasteiger partial charge in [-0.2, -0.15) is 0 Å². The molecule has 0 saturated heterocycles. The predicted octanol–water partition coefficient (Wildman–Crippen LogP) is 1.39. The van der Waals surface area contributed by atoms with Gasteiger partial charge in [0.1, 0.15) is 0 Å². The van der Waals surface area contributed by atoms with Gasteiger partial charge in [-0.3, -0.25) is 0 Å². The summed E-state index contributed by atoms with van der Waals surface area (Å²) >= 11 is 0. The molecule has 0 spiro atoms. The summed E-state index contributed by atoms with van der Waals surface area (Å²) in [6, 6.07) is 8.43. The molecule has 0 saturated carbocycles. The highest BCUT2D eigenvalue weighted by Gasteiger charge is 1.97. The molecule has 0 aliphatic heterocycles. The Labute approximate surface area is 74.0 Å². The van der Waals surface area contributed by atoms with Crippen molar-refractivity contribution in [3.8, 4) is 0 Å². The van der Waals surface area contributed by atoms with Crippen molar-refractivity contribution in [2.75, 3.05) is 25.0 Å². The van der Waals surface area contributed by atoms with Crippen LogP contribution < -0.4 is 10.6 Å². The molecule has 0 radical (unpaired) electrons. The van der Waals surface area contributed by atoms with Crippen molar-refractivity contribution in [3.63, 3.8) is 0 Å². The lowest BCUT2D eigenvalue weighted by molar-refractivity contribution is 0.885. The molecule has 0 amide bonds. The molecule has 1 aromatic rings. The minimum absolute atomic E-state index is 0.699. The van der Waals surface area contributed by atoms with Crippen LogP contribution in [0.4, 0.5) is 5.69 Å². The average molecular weight is 164 g/mol. The molecule has 2 heteroatoms. The van der Waals surface area contributed by atoms with Crippen LogP contribution in [0.15, 0.2) is 24.3 Å². The number of hydrogen-bond donors (Lipinski definition) is 1. The molecule has 0 aliphatic carbocycles. The van der Waals surface area contributed by atoms with Crippen molar-refractivity contribution in [1.29, 1.82) is 0 Å². The Bertz CT molecular complexity index is 245. The van der Waals surface area contributed by atoms with Gasteiger partial charge in [-0.05, 0) is 24.6 Å². The van der Waals surface area contributed by atoms with E-state index in [2.05, 4.69) is 43.1 Å². The molecule has 1 aromatic carbocycles. The number of rotatable bonds is 3. The van der Waals surface area contributed by atoms with Crippen LogP contribution in [0, 0.1) is 6.92 Å². The van der Waals surface area contributed by atoms with Crippen LogP contribution in [0.1, 0.15) is 5.56 Å². The summed E-state index contributed by atoms with van der Waals surface area (Å²) in [6.45, 7) is 3.70. The number of anilines is 1. The number of nitrogens with two attached hydrogens (primary N) is 1. The SMILES string of the molecule is Cc1cccc(N(C)CCN)c1. The van der Waals surface area contributed by atoms with Gasteiger partial charge in [0.15, 0.2) is 0 Å². The van der Waals surface area contributed by atoms with E-state index in [9.17, 15) is 0 Å². The molecule has 0 aromatic heterocycles. The fraction of sp³-hybridized carbons (Fsp3) is 0.400. The lowest BCUT2D eigenvalue weighted by atomic mass is 10.2. The lowest BCUT2D eigenvalue weighted by Gasteiger charge is -2.18. The van der Waals surface area contributed by atoms with Crippen molar-refractivity contribution in [2.45, 2.75) is 6.92 Å². The molecule has 0 fully saturated rings. The van der Waals surface area contributed by atoms with Crippen molar-refractivity contribution in [2.24, 2.45) is 5.73 Å². The Kier molecular flexibility index (Phi) is 3.11. The molecule has 66 valence electrons. The monoisotopic (exact) mass is 164 g/mol. The molecule has 0 heterocycles. The summed E-state index contributed by atoms with van der Waals surface area (Å²) in [5.41, 5.74) is 7.99. The van der Waals surface area contributed by atoms with E-state index < -0.39 is 0 Å². The van der Waals surface area contributed by atoms with Crippen LogP contribution in [0.3, 0.4) is 0 Å².